The maximum Gasteiger partial charge on any atom is 0.227 e. The molecule has 0 spiro atoms. The van der Waals surface area contributed by atoms with Gasteiger partial charge in [-0.1, -0.05) is 12.1 Å². The van der Waals surface area contributed by atoms with Crippen molar-refractivity contribution in [2.24, 2.45) is 17.6 Å². The zero-order valence-electron chi connectivity index (χ0n) is 11.3. The van der Waals surface area contributed by atoms with E-state index in [9.17, 15) is 9.18 Å². The summed E-state index contributed by atoms with van der Waals surface area (Å²) in [5, 5.41) is 0. The topological polar surface area (TPSA) is 46.3 Å². The maximum atomic E-state index is 12.8. The highest BCUT2D eigenvalue weighted by Gasteiger charge is 2.42. The molecule has 2 N–H and O–H groups in total. The third-order valence-electron chi connectivity index (χ3n) is 4.53. The molecule has 1 aliphatic heterocycles. The third-order valence-corrected chi connectivity index (χ3v) is 4.53. The normalized spacial score (nSPS) is 28.1. The van der Waals surface area contributed by atoms with Crippen LogP contribution in [0.4, 0.5) is 4.39 Å². The Morgan fingerprint density at radius 1 is 1.25 bits per heavy atom. The van der Waals surface area contributed by atoms with E-state index in [1.807, 2.05) is 4.90 Å². The van der Waals surface area contributed by atoms with Crippen LogP contribution in [0.2, 0.25) is 0 Å². The molecule has 1 aromatic rings. The van der Waals surface area contributed by atoms with Crippen LogP contribution >= 0.6 is 12.4 Å². The molecule has 1 amide bonds. The van der Waals surface area contributed by atoms with Crippen molar-refractivity contribution in [3.8, 4) is 0 Å². The molecule has 1 saturated carbocycles. The molecule has 5 heteroatoms. The number of likely N-dealkylation sites (tertiary alicyclic amines) is 1. The Morgan fingerprint density at radius 3 is 2.60 bits per heavy atom. The minimum atomic E-state index is -0.266. The van der Waals surface area contributed by atoms with Crippen LogP contribution in [-0.4, -0.2) is 29.9 Å². The Hall–Kier alpha value is -1.13. The average Bonchev–Trinajstić information content (AvgIpc) is 2.95. The molecule has 3 atom stereocenters. The summed E-state index contributed by atoms with van der Waals surface area (Å²) in [7, 11) is 0. The first-order valence-corrected chi connectivity index (χ1v) is 6.91. The van der Waals surface area contributed by atoms with Gasteiger partial charge in [-0.2, -0.15) is 0 Å². The molecule has 0 radical (unpaired) electrons. The van der Waals surface area contributed by atoms with Crippen LogP contribution in [0.1, 0.15) is 18.4 Å². The number of fused-ring (bicyclic) bond motifs is 1. The second kappa shape index (κ2) is 6.10. The number of halogens is 2. The van der Waals surface area contributed by atoms with E-state index in [2.05, 4.69) is 0 Å². The summed E-state index contributed by atoms with van der Waals surface area (Å²) in [4.78, 5) is 14.2. The SMILES string of the molecule is Cl.NC1CCC2CN(C(=O)Cc3ccc(F)cc3)CC12. The Morgan fingerprint density at radius 2 is 1.95 bits per heavy atom. The summed E-state index contributed by atoms with van der Waals surface area (Å²) >= 11 is 0. The summed E-state index contributed by atoms with van der Waals surface area (Å²) in [6.07, 6.45) is 2.59. The fourth-order valence-corrected chi connectivity index (χ4v) is 3.40. The number of hydrogen-bond donors (Lipinski definition) is 1. The molecular formula is C15H20ClFN2O. The van der Waals surface area contributed by atoms with E-state index in [4.69, 9.17) is 5.73 Å². The van der Waals surface area contributed by atoms with Gasteiger partial charge in [-0.05, 0) is 42.4 Å². The van der Waals surface area contributed by atoms with Crippen molar-refractivity contribution >= 4 is 18.3 Å². The van der Waals surface area contributed by atoms with Gasteiger partial charge in [0.2, 0.25) is 5.91 Å². The second-order valence-corrected chi connectivity index (χ2v) is 5.77. The van der Waals surface area contributed by atoms with Gasteiger partial charge < -0.3 is 10.6 Å². The number of carbonyl (C=O) groups excluding carboxylic acids is 1. The third kappa shape index (κ3) is 2.96. The number of benzene rings is 1. The predicted molar refractivity (Wildman–Crippen MR) is 78.1 cm³/mol. The Labute approximate surface area is 124 Å². The summed E-state index contributed by atoms with van der Waals surface area (Å²) in [6.45, 7) is 1.64. The van der Waals surface area contributed by atoms with Crippen molar-refractivity contribution in [1.29, 1.82) is 0 Å². The van der Waals surface area contributed by atoms with E-state index in [0.29, 0.717) is 18.3 Å². The molecule has 1 aromatic carbocycles. The lowest BCUT2D eigenvalue weighted by atomic mass is 9.98. The van der Waals surface area contributed by atoms with Crippen LogP contribution in [-0.2, 0) is 11.2 Å². The summed E-state index contributed by atoms with van der Waals surface area (Å²) in [6, 6.07) is 6.41. The molecule has 0 aromatic heterocycles. The summed E-state index contributed by atoms with van der Waals surface area (Å²) in [5.74, 6) is 0.940. The van der Waals surface area contributed by atoms with Crippen LogP contribution in [0, 0.1) is 17.7 Å². The van der Waals surface area contributed by atoms with Gasteiger partial charge in [0, 0.05) is 19.1 Å². The van der Waals surface area contributed by atoms with Crippen molar-refractivity contribution in [3.63, 3.8) is 0 Å². The lowest BCUT2D eigenvalue weighted by molar-refractivity contribution is -0.129. The van der Waals surface area contributed by atoms with Gasteiger partial charge in [-0.25, -0.2) is 4.39 Å². The van der Waals surface area contributed by atoms with E-state index in [0.717, 1.165) is 31.5 Å². The molecule has 20 heavy (non-hydrogen) atoms. The van der Waals surface area contributed by atoms with Gasteiger partial charge in [0.1, 0.15) is 5.82 Å². The fraction of sp³-hybridized carbons (Fsp3) is 0.533. The van der Waals surface area contributed by atoms with Crippen molar-refractivity contribution in [2.45, 2.75) is 25.3 Å². The second-order valence-electron chi connectivity index (χ2n) is 5.77. The lowest BCUT2D eigenvalue weighted by Gasteiger charge is -2.18. The van der Waals surface area contributed by atoms with Gasteiger partial charge in [0.15, 0.2) is 0 Å². The molecule has 3 rings (SSSR count). The number of amides is 1. The molecule has 3 nitrogen and oxygen atoms in total. The van der Waals surface area contributed by atoms with Crippen LogP contribution in [0.15, 0.2) is 24.3 Å². The van der Waals surface area contributed by atoms with Crippen LogP contribution < -0.4 is 5.73 Å². The molecule has 3 unspecified atom stereocenters. The van der Waals surface area contributed by atoms with E-state index in [1.165, 1.54) is 12.1 Å². The lowest BCUT2D eigenvalue weighted by Crippen LogP contribution is -2.34. The molecule has 2 fully saturated rings. The minimum absolute atomic E-state index is 0. The first-order valence-electron chi connectivity index (χ1n) is 6.91. The highest BCUT2D eigenvalue weighted by Crippen LogP contribution is 2.37. The highest BCUT2D eigenvalue weighted by molar-refractivity contribution is 5.85. The number of rotatable bonds is 2. The van der Waals surface area contributed by atoms with Crippen LogP contribution in [0.3, 0.4) is 0 Å². The zero-order valence-corrected chi connectivity index (χ0v) is 12.1. The first kappa shape index (κ1) is 15.3. The molecule has 2 aliphatic rings. The fourth-order valence-electron chi connectivity index (χ4n) is 3.40. The number of hydrogen-bond acceptors (Lipinski definition) is 2. The van der Waals surface area contributed by atoms with Crippen molar-refractivity contribution < 1.29 is 9.18 Å². The van der Waals surface area contributed by atoms with Gasteiger partial charge in [-0.15, -0.1) is 12.4 Å². The number of nitrogens with two attached hydrogens (primary N) is 1. The van der Waals surface area contributed by atoms with Crippen LogP contribution in [0.25, 0.3) is 0 Å². The highest BCUT2D eigenvalue weighted by atomic mass is 35.5. The Balaban J connectivity index is 0.00000147. The standard InChI is InChI=1S/C15H19FN2O.ClH/c16-12-4-1-10(2-5-12)7-15(19)18-8-11-3-6-14(17)13(11)9-18;/h1-2,4-5,11,13-14H,3,6-9,17H2;1H. The average molecular weight is 299 g/mol. The molecule has 1 heterocycles. The van der Waals surface area contributed by atoms with E-state index in [-0.39, 0.29) is 30.2 Å². The van der Waals surface area contributed by atoms with Crippen molar-refractivity contribution in [2.75, 3.05) is 13.1 Å². The summed E-state index contributed by atoms with van der Waals surface area (Å²) in [5.41, 5.74) is 6.94. The Kier molecular flexibility index (Phi) is 4.66. The molecular weight excluding hydrogens is 279 g/mol. The monoisotopic (exact) mass is 298 g/mol. The van der Waals surface area contributed by atoms with E-state index < -0.39 is 0 Å². The van der Waals surface area contributed by atoms with Gasteiger partial charge in [-0.3, -0.25) is 4.79 Å². The van der Waals surface area contributed by atoms with Crippen LogP contribution in [0.5, 0.6) is 0 Å². The molecule has 1 aliphatic carbocycles. The minimum Gasteiger partial charge on any atom is -0.342 e. The first-order chi connectivity index (χ1) is 9.13. The van der Waals surface area contributed by atoms with Crippen molar-refractivity contribution in [3.05, 3.63) is 35.6 Å². The summed E-state index contributed by atoms with van der Waals surface area (Å²) < 4.78 is 12.8. The zero-order chi connectivity index (χ0) is 13.4. The number of nitrogens with zero attached hydrogens (tertiary/aromatic N) is 1. The smallest absolute Gasteiger partial charge is 0.227 e. The number of carbonyl (C=O) groups is 1. The quantitative estimate of drug-likeness (QED) is 0.907. The molecule has 110 valence electrons. The van der Waals surface area contributed by atoms with E-state index >= 15 is 0 Å². The van der Waals surface area contributed by atoms with Gasteiger partial charge in [0.05, 0.1) is 6.42 Å². The van der Waals surface area contributed by atoms with E-state index in [1.54, 1.807) is 12.1 Å². The van der Waals surface area contributed by atoms with Crippen molar-refractivity contribution in [1.82, 2.24) is 4.90 Å². The maximum absolute atomic E-state index is 12.8. The Bertz CT molecular complexity index is 479. The largest absolute Gasteiger partial charge is 0.342 e. The molecule has 1 saturated heterocycles. The van der Waals surface area contributed by atoms with Gasteiger partial charge in [0.25, 0.3) is 0 Å². The molecule has 0 bridgehead atoms. The van der Waals surface area contributed by atoms with Gasteiger partial charge >= 0.3 is 0 Å². The predicted octanol–water partition coefficient (Wildman–Crippen LogP) is 1.99.